The van der Waals surface area contributed by atoms with Crippen LogP contribution in [-0.4, -0.2) is 36.8 Å². The summed E-state index contributed by atoms with van der Waals surface area (Å²) < 4.78 is 15.1. The molecular formula is C29H34N2O2S. The van der Waals surface area contributed by atoms with Crippen LogP contribution in [0.15, 0.2) is 71.3 Å². The van der Waals surface area contributed by atoms with Gasteiger partial charge < -0.3 is 5.11 Å². The molecule has 1 heterocycles. The SMILES string of the molecule is C=S(=O)(CC[C@@H](O)C[C@H]1CCC2=Cc3c(cnn3-c3ccc(C)cc3)C[C@@]21C)c1ccccc1. The number of hydrogen-bond donors (Lipinski definition) is 1. The summed E-state index contributed by atoms with van der Waals surface area (Å²) in [6.45, 7) is 4.45. The first kappa shape index (κ1) is 23.1. The highest BCUT2D eigenvalue weighted by Crippen LogP contribution is 2.54. The van der Waals surface area contributed by atoms with Gasteiger partial charge in [0.15, 0.2) is 0 Å². The van der Waals surface area contributed by atoms with E-state index in [1.807, 2.05) is 36.5 Å². The van der Waals surface area contributed by atoms with Gasteiger partial charge in [-0.2, -0.15) is 5.10 Å². The number of aliphatic hydroxyl groups is 1. The average Bonchev–Trinajstić information content (AvgIpc) is 3.37. The molecule has 2 aromatic carbocycles. The topological polar surface area (TPSA) is 55.1 Å². The first-order chi connectivity index (χ1) is 16.3. The van der Waals surface area contributed by atoms with Gasteiger partial charge in [0.25, 0.3) is 0 Å². The van der Waals surface area contributed by atoms with Crippen molar-refractivity contribution in [2.75, 3.05) is 5.75 Å². The van der Waals surface area contributed by atoms with Crippen molar-refractivity contribution in [3.8, 4) is 5.69 Å². The van der Waals surface area contributed by atoms with E-state index in [4.69, 9.17) is 5.10 Å². The van der Waals surface area contributed by atoms with E-state index in [0.29, 0.717) is 18.1 Å². The third kappa shape index (κ3) is 4.27. The van der Waals surface area contributed by atoms with E-state index >= 15 is 0 Å². The van der Waals surface area contributed by atoms with Crippen molar-refractivity contribution in [3.05, 3.63) is 83.2 Å². The van der Waals surface area contributed by atoms with Gasteiger partial charge in [-0.1, -0.05) is 48.4 Å². The fourth-order valence-corrected chi connectivity index (χ4v) is 7.30. The molecule has 0 bridgehead atoms. The van der Waals surface area contributed by atoms with Crippen LogP contribution in [0.5, 0.6) is 0 Å². The zero-order chi connectivity index (χ0) is 23.9. The molecule has 1 unspecified atom stereocenters. The minimum Gasteiger partial charge on any atom is -0.393 e. The van der Waals surface area contributed by atoms with E-state index in [-0.39, 0.29) is 5.41 Å². The molecule has 0 spiro atoms. The average molecular weight is 475 g/mol. The summed E-state index contributed by atoms with van der Waals surface area (Å²) in [5.41, 5.74) is 6.31. The minimum absolute atomic E-state index is 0.0421. The second kappa shape index (κ2) is 8.86. The van der Waals surface area contributed by atoms with Gasteiger partial charge in [-0.3, -0.25) is 4.21 Å². The van der Waals surface area contributed by atoms with Gasteiger partial charge in [-0.25, -0.2) is 4.68 Å². The molecule has 1 fully saturated rings. The highest BCUT2D eigenvalue weighted by Gasteiger charge is 2.45. The van der Waals surface area contributed by atoms with Gasteiger partial charge in [0, 0.05) is 10.6 Å². The van der Waals surface area contributed by atoms with Crippen molar-refractivity contribution in [2.45, 2.75) is 57.0 Å². The molecule has 3 aromatic rings. The van der Waals surface area contributed by atoms with Crippen LogP contribution in [0.3, 0.4) is 0 Å². The lowest BCUT2D eigenvalue weighted by atomic mass is 9.68. The lowest BCUT2D eigenvalue weighted by Crippen LogP contribution is -2.31. The smallest absolute Gasteiger partial charge is 0.0700 e. The number of fused-ring (bicyclic) bond motifs is 2. The number of aromatic nitrogens is 2. The van der Waals surface area contributed by atoms with Gasteiger partial charge in [0.1, 0.15) is 0 Å². The van der Waals surface area contributed by atoms with E-state index in [1.54, 1.807) is 0 Å². The maximum Gasteiger partial charge on any atom is 0.0700 e. The molecule has 5 heteroatoms. The van der Waals surface area contributed by atoms with Crippen LogP contribution in [0, 0.1) is 18.3 Å². The molecule has 4 nitrogen and oxygen atoms in total. The normalized spacial score (nSPS) is 24.1. The summed E-state index contributed by atoms with van der Waals surface area (Å²) in [5.74, 6) is 4.80. The predicted octanol–water partition coefficient (Wildman–Crippen LogP) is 5.45. The summed E-state index contributed by atoms with van der Waals surface area (Å²) in [4.78, 5) is 0.769. The first-order valence-electron chi connectivity index (χ1n) is 12.2. The van der Waals surface area contributed by atoms with Crippen LogP contribution in [-0.2, 0) is 15.9 Å². The number of aryl methyl sites for hydroxylation is 1. The Hall–Kier alpha value is -2.63. The monoisotopic (exact) mass is 474 g/mol. The highest BCUT2D eigenvalue weighted by atomic mass is 32.2. The molecule has 1 saturated carbocycles. The van der Waals surface area contributed by atoms with Crippen LogP contribution in [0.25, 0.3) is 11.8 Å². The molecule has 1 aromatic heterocycles. The van der Waals surface area contributed by atoms with Crippen LogP contribution in [0.1, 0.15) is 49.4 Å². The lowest BCUT2D eigenvalue weighted by molar-refractivity contribution is 0.110. The zero-order valence-corrected chi connectivity index (χ0v) is 20.9. The van der Waals surface area contributed by atoms with Gasteiger partial charge in [-0.15, -0.1) is 0 Å². The van der Waals surface area contributed by atoms with Crippen LogP contribution < -0.4 is 0 Å². The highest BCUT2D eigenvalue weighted by molar-refractivity contribution is 8.00. The van der Waals surface area contributed by atoms with Crippen molar-refractivity contribution in [2.24, 2.45) is 11.3 Å². The molecule has 5 rings (SSSR count). The van der Waals surface area contributed by atoms with Crippen LogP contribution >= 0.6 is 0 Å². The van der Waals surface area contributed by atoms with Gasteiger partial charge >= 0.3 is 0 Å². The maximum atomic E-state index is 13.1. The summed E-state index contributed by atoms with van der Waals surface area (Å²) in [5, 5.41) is 15.6. The van der Waals surface area contributed by atoms with Gasteiger partial charge in [-0.05, 0) is 102 Å². The number of hydrogen-bond acceptors (Lipinski definition) is 3. The third-order valence-electron chi connectivity index (χ3n) is 7.94. The number of allylic oxidation sites excluding steroid dienone is 1. The number of rotatable bonds is 7. The molecule has 0 radical (unpaired) electrons. The Labute approximate surface area is 203 Å². The molecule has 4 atom stereocenters. The fourth-order valence-electron chi connectivity index (χ4n) is 5.76. The molecular weight excluding hydrogens is 440 g/mol. The molecule has 2 aliphatic rings. The van der Waals surface area contributed by atoms with Crippen molar-refractivity contribution in [3.63, 3.8) is 0 Å². The molecule has 178 valence electrons. The summed E-state index contributed by atoms with van der Waals surface area (Å²) >= 11 is 0. The van der Waals surface area contributed by atoms with Crippen LogP contribution in [0.2, 0.25) is 0 Å². The molecule has 2 aliphatic carbocycles. The summed E-state index contributed by atoms with van der Waals surface area (Å²) in [7, 11) is -2.38. The van der Waals surface area contributed by atoms with Crippen LogP contribution in [0.4, 0.5) is 0 Å². The Bertz CT molecular complexity index is 1310. The van der Waals surface area contributed by atoms with E-state index in [9.17, 15) is 9.32 Å². The maximum absolute atomic E-state index is 13.1. The van der Waals surface area contributed by atoms with Gasteiger partial charge in [0.2, 0.25) is 0 Å². The Morgan fingerprint density at radius 3 is 2.68 bits per heavy atom. The minimum atomic E-state index is -2.38. The van der Waals surface area contributed by atoms with E-state index < -0.39 is 15.6 Å². The van der Waals surface area contributed by atoms with Crippen molar-refractivity contribution < 1.29 is 9.32 Å². The second-order valence-electron chi connectivity index (χ2n) is 10.3. The Morgan fingerprint density at radius 1 is 1.21 bits per heavy atom. The number of nitrogens with zero attached hydrogens (tertiary/aromatic N) is 2. The van der Waals surface area contributed by atoms with E-state index in [1.165, 1.54) is 22.4 Å². The predicted molar refractivity (Wildman–Crippen MR) is 141 cm³/mol. The molecule has 1 N–H and O–H groups in total. The lowest BCUT2D eigenvalue weighted by Gasteiger charge is -2.37. The molecule has 0 saturated heterocycles. The van der Waals surface area contributed by atoms with Crippen molar-refractivity contribution in [1.29, 1.82) is 0 Å². The number of aliphatic hydroxyl groups excluding tert-OH is 1. The number of benzene rings is 2. The largest absolute Gasteiger partial charge is 0.393 e. The molecule has 34 heavy (non-hydrogen) atoms. The Morgan fingerprint density at radius 2 is 1.94 bits per heavy atom. The zero-order valence-electron chi connectivity index (χ0n) is 20.1. The third-order valence-corrected chi connectivity index (χ3v) is 9.97. The van der Waals surface area contributed by atoms with E-state index in [0.717, 1.165) is 36.3 Å². The Kier molecular flexibility index (Phi) is 6.03. The Balaban J connectivity index is 1.29. The second-order valence-corrected chi connectivity index (χ2v) is 12.8. The molecule has 0 amide bonds. The fraction of sp³-hybridized carbons (Fsp3) is 0.379. The van der Waals surface area contributed by atoms with Crippen molar-refractivity contribution >= 4 is 21.5 Å². The van der Waals surface area contributed by atoms with Crippen molar-refractivity contribution in [1.82, 2.24) is 9.78 Å². The van der Waals surface area contributed by atoms with Gasteiger partial charge in [0.05, 0.1) is 23.7 Å². The standard InChI is InChI=1S/C29H34N2O2S/c1-21-9-13-25(14-10-21)31-28-18-24-12-11-23(29(24,2)19-22(28)20-30-31)17-26(32)15-16-34(3,33)27-7-5-4-6-8-27/h4-10,13-14,18,20,23,26,32H,3,11-12,15-17,19H2,1-2H3/t23-,26-,29-,34?/m1/s1. The first-order valence-corrected chi connectivity index (χ1v) is 14.1. The summed E-state index contributed by atoms with van der Waals surface area (Å²) in [6, 6.07) is 17.9. The molecule has 0 aliphatic heterocycles. The van der Waals surface area contributed by atoms with E-state index in [2.05, 4.69) is 54.7 Å². The quantitative estimate of drug-likeness (QED) is 0.463. The summed E-state index contributed by atoms with van der Waals surface area (Å²) in [6.07, 6.45) is 8.23.